The monoisotopic (exact) mass is 602 g/mol. The lowest BCUT2D eigenvalue weighted by atomic mass is 10.1. The molecule has 0 aliphatic carbocycles. The van der Waals surface area contributed by atoms with Crippen LogP contribution >= 0.6 is 0 Å². The third kappa shape index (κ3) is 10.6. The van der Waals surface area contributed by atoms with Crippen LogP contribution in [-0.2, 0) is 19.6 Å². The highest BCUT2D eigenvalue weighted by molar-refractivity contribution is 7.92. The number of nitrogens with one attached hydrogen (secondary N) is 2. The van der Waals surface area contributed by atoms with E-state index in [2.05, 4.69) is 10.0 Å². The van der Waals surface area contributed by atoms with Crippen LogP contribution in [-0.4, -0.2) is 85.8 Å². The molecule has 1 saturated heterocycles. The van der Waals surface area contributed by atoms with Crippen LogP contribution in [0.25, 0.3) is 0 Å². The summed E-state index contributed by atoms with van der Waals surface area (Å²) < 4.78 is 60.3. The molecule has 2 aromatic rings. The van der Waals surface area contributed by atoms with E-state index in [1.807, 2.05) is 37.5 Å². The SMILES string of the molecule is Cc1ccc(S(=O)(=O)Nc2cc(C(=O)O)ccc2N2CCN(CC(=O)NC(C)(C)C)CC2)cc1.O=C(O)C(F)(F)F. The van der Waals surface area contributed by atoms with Crippen LogP contribution < -0.4 is 14.9 Å². The van der Waals surface area contributed by atoms with Crippen LogP contribution in [0.1, 0.15) is 36.7 Å². The molecule has 0 bridgehead atoms. The van der Waals surface area contributed by atoms with Gasteiger partial charge in [-0.05, 0) is 58.0 Å². The number of carboxylic acids is 2. The average Bonchev–Trinajstić information content (AvgIpc) is 2.83. The number of aryl methyl sites for hydroxylation is 1. The summed E-state index contributed by atoms with van der Waals surface area (Å²) in [5.74, 6) is -3.94. The maximum atomic E-state index is 13.0. The molecule has 15 heteroatoms. The minimum absolute atomic E-state index is 0.0113. The average molecular weight is 603 g/mol. The first-order valence-electron chi connectivity index (χ1n) is 12.3. The van der Waals surface area contributed by atoms with E-state index in [1.165, 1.54) is 24.3 Å². The van der Waals surface area contributed by atoms with Gasteiger partial charge in [-0.3, -0.25) is 14.4 Å². The zero-order valence-corrected chi connectivity index (χ0v) is 23.8. The first-order chi connectivity index (χ1) is 18.8. The summed E-state index contributed by atoms with van der Waals surface area (Å²) >= 11 is 0. The second-order valence-corrected chi connectivity index (χ2v) is 12.0. The summed E-state index contributed by atoms with van der Waals surface area (Å²) in [6.45, 7) is 10.3. The van der Waals surface area contributed by atoms with Gasteiger partial charge in [-0.25, -0.2) is 18.0 Å². The van der Waals surface area contributed by atoms with Crippen molar-refractivity contribution in [3.05, 3.63) is 53.6 Å². The highest BCUT2D eigenvalue weighted by Crippen LogP contribution is 2.30. The van der Waals surface area contributed by atoms with E-state index in [4.69, 9.17) is 9.90 Å². The summed E-state index contributed by atoms with van der Waals surface area (Å²) in [5, 5.41) is 19.5. The van der Waals surface area contributed by atoms with E-state index in [1.54, 1.807) is 18.2 Å². The molecule has 3 rings (SSSR count). The van der Waals surface area contributed by atoms with Gasteiger partial charge in [0.15, 0.2) is 0 Å². The molecule has 11 nitrogen and oxygen atoms in total. The van der Waals surface area contributed by atoms with Crippen molar-refractivity contribution in [2.45, 2.75) is 44.3 Å². The molecule has 0 radical (unpaired) electrons. The van der Waals surface area contributed by atoms with Crippen molar-refractivity contribution >= 4 is 39.2 Å². The molecule has 1 aliphatic heterocycles. The van der Waals surface area contributed by atoms with Crippen molar-refractivity contribution in [2.24, 2.45) is 0 Å². The summed E-state index contributed by atoms with van der Waals surface area (Å²) in [6.07, 6.45) is -5.08. The molecule has 1 amide bonds. The van der Waals surface area contributed by atoms with E-state index in [-0.39, 0.29) is 34.1 Å². The molecule has 1 heterocycles. The Morgan fingerprint density at radius 2 is 1.46 bits per heavy atom. The Bertz CT molecular complexity index is 1350. The molecule has 2 aromatic carbocycles. The van der Waals surface area contributed by atoms with E-state index in [0.717, 1.165) is 5.56 Å². The quantitative estimate of drug-likeness (QED) is 0.374. The third-order valence-electron chi connectivity index (χ3n) is 5.66. The number of carbonyl (C=O) groups excluding carboxylic acids is 1. The maximum Gasteiger partial charge on any atom is 0.490 e. The number of halogens is 3. The molecule has 0 saturated carbocycles. The van der Waals surface area contributed by atoms with Gasteiger partial charge in [0.2, 0.25) is 5.91 Å². The molecule has 226 valence electrons. The molecule has 0 spiro atoms. The maximum absolute atomic E-state index is 13.0. The fourth-order valence-electron chi connectivity index (χ4n) is 3.76. The molecule has 41 heavy (non-hydrogen) atoms. The summed E-state index contributed by atoms with van der Waals surface area (Å²) in [5.41, 5.74) is 1.43. The molecular weight excluding hydrogens is 569 g/mol. The zero-order valence-electron chi connectivity index (χ0n) is 22.9. The van der Waals surface area contributed by atoms with E-state index in [9.17, 15) is 36.3 Å². The number of amides is 1. The number of rotatable bonds is 7. The van der Waals surface area contributed by atoms with Crippen molar-refractivity contribution in [1.82, 2.24) is 10.2 Å². The van der Waals surface area contributed by atoms with Crippen LogP contribution in [0.5, 0.6) is 0 Å². The van der Waals surface area contributed by atoms with Crippen molar-refractivity contribution in [3.8, 4) is 0 Å². The lowest BCUT2D eigenvalue weighted by molar-refractivity contribution is -0.192. The number of hydrogen-bond acceptors (Lipinski definition) is 7. The smallest absolute Gasteiger partial charge is 0.478 e. The Morgan fingerprint density at radius 3 is 1.93 bits per heavy atom. The highest BCUT2D eigenvalue weighted by Gasteiger charge is 2.38. The molecule has 4 N–H and O–H groups in total. The standard InChI is InChI=1S/C24H32N4O5S.C2HF3O2/c1-17-5-8-19(9-6-17)34(32,33)26-20-15-18(23(30)31)7-10-21(20)28-13-11-27(12-14-28)16-22(29)25-24(2,3)4;3-2(4,5)1(6)7/h5-10,15,26H,11-14,16H2,1-4H3,(H,25,29)(H,30,31);(H,6,7). The minimum atomic E-state index is -5.08. The van der Waals surface area contributed by atoms with Crippen LogP contribution in [0.4, 0.5) is 24.5 Å². The van der Waals surface area contributed by atoms with E-state index >= 15 is 0 Å². The molecular formula is C26H33F3N4O7S. The summed E-state index contributed by atoms with van der Waals surface area (Å²) in [4.78, 5) is 36.8. The predicted octanol–water partition coefficient (Wildman–Crippen LogP) is 3.16. The van der Waals surface area contributed by atoms with Gasteiger partial charge in [0.25, 0.3) is 10.0 Å². The number of piperazine rings is 1. The van der Waals surface area contributed by atoms with Gasteiger partial charge in [-0.1, -0.05) is 17.7 Å². The number of aromatic carboxylic acids is 1. The summed E-state index contributed by atoms with van der Waals surface area (Å²) in [7, 11) is -3.91. The lowest BCUT2D eigenvalue weighted by Crippen LogP contribution is -2.51. The molecule has 1 fully saturated rings. The van der Waals surface area contributed by atoms with Crippen LogP contribution in [0.2, 0.25) is 0 Å². The predicted molar refractivity (Wildman–Crippen MR) is 146 cm³/mol. The topological polar surface area (TPSA) is 156 Å². The molecule has 0 aromatic heterocycles. The van der Waals surface area contributed by atoms with Gasteiger partial charge in [0, 0.05) is 31.7 Å². The van der Waals surface area contributed by atoms with Gasteiger partial charge in [0.1, 0.15) is 0 Å². The fourth-order valence-corrected chi connectivity index (χ4v) is 4.82. The Morgan fingerprint density at radius 1 is 0.927 bits per heavy atom. The van der Waals surface area contributed by atoms with Crippen molar-refractivity contribution < 1.29 is 46.2 Å². The second kappa shape index (κ2) is 13.2. The van der Waals surface area contributed by atoms with Gasteiger partial charge < -0.3 is 20.4 Å². The summed E-state index contributed by atoms with van der Waals surface area (Å²) in [6, 6.07) is 10.9. The second-order valence-electron chi connectivity index (χ2n) is 10.3. The molecule has 0 unspecified atom stereocenters. The number of sulfonamides is 1. The van der Waals surface area contributed by atoms with Gasteiger partial charge >= 0.3 is 18.1 Å². The normalized spacial score (nSPS) is 14.5. The van der Waals surface area contributed by atoms with E-state index < -0.39 is 28.1 Å². The number of hydrogen-bond donors (Lipinski definition) is 4. The molecule has 0 atom stereocenters. The number of carbonyl (C=O) groups is 3. The largest absolute Gasteiger partial charge is 0.490 e. The number of aliphatic carboxylic acids is 1. The molecule has 1 aliphatic rings. The first-order valence-corrected chi connectivity index (χ1v) is 13.8. The highest BCUT2D eigenvalue weighted by atomic mass is 32.2. The Kier molecular flexibility index (Phi) is 10.7. The Labute approximate surface area is 236 Å². The number of nitrogens with zero attached hydrogens (tertiary/aromatic N) is 2. The zero-order chi connectivity index (χ0) is 31.2. The number of benzene rings is 2. The number of anilines is 2. The van der Waals surface area contributed by atoms with Crippen LogP contribution in [0, 0.1) is 6.92 Å². The fraction of sp³-hybridized carbons (Fsp3) is 0.423. The minimum Gasteiger partial charge on any atom is -0.478 e. The van der Waals surface area contributed by atoms with Gasteiger partial charge in [-0.15, -0.1) is 0 Å². The first kappa shape index (κ1) is 33.4. The van der Waals surface area contributed by atoms with Crippen LogP contribution in [0.15, 0.2) is 47.4 Å². The van der Waals surface area contributed by atoms with Crippen molar-refractivity contribution in [1.29, 1.82) is 0 Å². The number of carboxylic acid groups (broad SMARTS) is 2. The third-order valence-corrected chi connectivity index (χ3v) is 7.04. The van der Waals surface area contributed by atoms with E-state index in [0.29, 0.717) is 31.9 Å². The lowest BCUT2D eigenvalue weighted by Gasteiger charge is -2.37. The van der Waals surface area contributed by atoms with Gasteiger partial charge in [0.05, 0.1) is 28.4 Å². The Balaban J connectivity index is 0.000000745. The van der Waals surface area contributed by atoms with Crippen molar-refractivity contribution in [3.63, 3.8) is 0 Å². The number of alkyl halides is 3. The van der Waals surface area contributed by atoms with Crippen LogP contribution in [0.3, 0.4) is 0 Å². The van der Waals surface area contributed by atoms with Gasteiger partial charge in [-0.2, -0.15) is 13.2 Å². The Hall–Kier alpha value is -3.85. The van der Waals surface area contributed by atoms with Crippen molar-refractivity contribution in [2.75, 3.05) is 42.3 Å².